The first-order chi connectivity index (χ1) is 12.7. The molecule has 0 atom stereocenters. The van der Waals surface area contributed by atoms with Gasteiger partial charge < -0.3 is 19.7 Å². The number of nitrogens with one attached hydrogen (secondary N) is 1. The molecule has 0 aromatic heterocycles. The van der Waals surface area contributed by atoms with E-state index >= 15 is 0 Å². The average Bonchev–Trinajstić information content (AvgIpc) is 3.20. The van der Waals surface area contributed by atoms with E-state index < -0.39 is 0 Å². The molecule has 0 saturated carbocycles. The molecule has 1 heterocycles. The van der Waals surface area contributed by atoms with E-state index in [1.807, 2.05) is 36.4 Å². The minimum absolute atomic E-state index is 0.0809. The lowest BCUT2D eigenvalue weighted by atomic mass is 10.2. The highest BCUT2D eigenvalue weighted by Crippen LogP contribution is 2.31. The van der Waals surface area contributed by atoms with Gasteiger partial charge in [0.05, 0.1) is 12.0 Å². The van der Waals surface area contributed by atoms with Crippen LogP contribution in [0.1, 0.15) is 12.8 Å². The number of rotatable bonds is 8. The number of hydrogen-bond acceptors (Lipinski definition) is 6. The Balaban J connectivity index is 1.59. The second kappa shape index (κ2) is 8.42. The molecular weight excluding hydrogens is 334 g/mol. The molecule has 1 saturated heterocycles. The molecule has 0 amide bonds. The monoisotopic (exact) mass is 357 g/mol. The quantitative estimate of drug-likeness (QED) is 0.441. The first-order valence-corrected chi connectivity index (χ1v) is 8.71. The van der Waals surface area contributed by atoms with Crippen LogP contribution in [0, 0.1) is 10.1 Å². The topological polar surface area (TPSA) is 76.9 Å². The number of nitro groups is 1. The summed E-state index contributed by atoms with van der Waals surface area (Å²) in [6.07, 6.45) is 2.32. The number of anilines is 2. The van der Waals surface area contributed by atoms with Crippen LogP contribution in [0.5, 0.6) is 11.5 Å². The van der Waals surface area contributed by atoms with Gasteiger partial charge in [0.1, 0.15) is 23.8 Å². The molecule has 0 bridgehead atoms. The Kier molecular flexibility index (Phi) is 5.78. The Bertz CT molecular complexity index is 743. The van der Waals surface area contributed by atoms with Crippen molar-refractivity contribution in [3.8, 4) is 11.5 Å². The van der Waals surface area contributed by atoms with Gasteiger partial charge in [-0.2, -0.15) is 0 Å². The van der Waals surface area contributed by atoms with Crippen LogP contribution in [0.15, 0.2) is 42.5 Å². The Hall–Kier alpha value is -2.96. The van der Waals surface area contributed by atoms with Crippen LogP contribution >= 0.6 is 0 Å². The molecule has 7 nitrogen and oxygen atoms in total. The van der Waals surface area contributed by atoms with E-state index in [2.05, 4.69) is 10.2 Å². The van der Waals surface area contributed by atoms with E-state index in [9.17, 15) is 10.1 Å². The summed E-state index contributed by atoms with van der Waals surface area (Å²) in [7, 11) is 1.61. The lowest BCUT2D eigenvalue weighted by molar-refractivity contribution is -0.383. The summed E-state index contributed by atoms with van der Waals surface area (Å²) in [5, 5.41) is 14.4. The molecule has 1 fully saturated rings. The van der Waals surface area contributed by atoms with Gasteiger partial charge in [0, 0.05) is 31.4 Å². The SMILES string of the molecule is COc1ccc(OCCNc2cc(N3CCCC3)ccc2[N+](=O)[O-])cc1. The maximum atomic E-state index is 11.3. The first kappa shape index (κ1) is 17.8. The zero-order chi connectivity index (χ0) is 18.4. The van der Waals surface area contributed by atoms with Crippen molar-refractivity contribution in [1.82, 2.24) is 0 Å². The predicted molar refractivity (Wildman–Crippen MR) is 102 cm³/mol. The molecule has 1 N–H and O–H groups in total. The zero-order valence-electron chi connectivity index (χ0n) is 14.8. The molecular formula is C19H23N3O4. The molecule has 138 valence electrons. The average molecular weight is 357 g/mol. The van der Waals surface area contributed by atoms with E-state index in [1.54, 1.807) is 13.2 Å². The Morgan fingerprint density at radius 3 is 2.46 bits per heavy atom. The summed E-state index contributed by atoms with van der Waals surface area (Å²) >= 11 is 0. The number of nitro benzene ring substituents is 1. The Labute approximate surface area is 152 Å². The lowest BCUT2D eigenvalue weighted by Gasteiger charge is -2.19. The number of methoxy groups -OCH3 is 1. The summed E-state index contributed by atoms with van der Waals surface area (Å²) in [6, 6.07) is 12.6. The number of benzene rings is 2. The third-order valence-corrected chi connectivity index (χ3v) is 4.39. The summed E-state index contributed by atoms with van der Waals surface area (Å²) in [6.45, 7) is 2.86. The fraction of sp³-hybridized carbons (Fsp3) is 0.368. The van der Waals surface area contributed by atoms with E-state index in [1.165, 1.54) is 0 Å². The Morgan fingerprint density at radius 1 is 1.12 bits per heavy atom. The molecule has 0 unspecified atom stereocenters. The molecule has 0 aliphatic carbocycles. The summed E-state index contributed by atoms with van der Waals surface area (Å²) in [4.78, 5) is 13.2. The molecule has 0 radical (unpaired) electrons. The van der Waals surface area contributed by atoms with E-state index in [0.29, 0.717) is 18.8 Å². The van der Waals surface area contributed by atoms with Gasteiger partial charge in [-0.15, -0.1) is 0 Å². The third-order valence-electron chi connectivity index (χ3n) is 4.39. The molecule has 7 heteroatoms. The van der Waals surface area contributed by atoms with Crippen LogP contribution < -0.4 is 19.7 Å². The van der Waals surface area contributed by atoms with Gasteiger partial charge in [-0.3, -0.25) is 10.1 Å². The fourth-order valence-corrected chi connectivity index (χ4v) is 3.02. The van der Waals surface area contributed by atoms with Crippen molar-refractivity contribution in [3.05, 3.63) is 52.6 Å². The van der Waals surface area contributed by atoms with Gasteiger partial charge in [0.2, 0.25) is 0 Å². The van der Waals surface area contributed by atoms with Crippen LogP contribution in [-0.2, 0) is 0 Å². The zero-order valence-corrected chi connectivity index (χ0v) is 14.8. The predicted octanol–water partition coefficient (Wildman–Crippen LogP) is 3.69. The third kappa shape index (κ3) is 4.36. The van der Waals surface area contributed by atoms with Crippen LogP contribution in [0.4, 0.5) is 17.1 Å². The van der Waals surface area contributed by atoms with Crippen LogP contribution in [0.2, 0.25) is 0 Å². The maximum Gasteiger partial charge on any atom is 0.292 e. The van der Waals surface area contributed by atoms with Gasteiger partial charge in [-0.05, 0) is 49.2 Å². The molecule has 26 heavy (non-hydrogen) atoms. The van der Waals surface area contributed by atoms with Gasteiger partial charge in [0.25, 0.3) is 5.69 Å². The van der Waals surface area contributed by atoms with Gasteiger partial charge in [0.15, 0.2) is 0 Å². The highest BCUT2D eigenvalue weighted by atomic mass is 16.6. The van der Waals surface area contributed by atoms with Crippen molar-refractivity contribution in [2.24, 2.45) is 0 Å². The normalized spacial score (nSPS) is 13.5. The van der Waals surface area contributed by atoms with Gasteiger partial charge in [-0.1, -0.05) is 0 Å². The van der Waals surface area contributed by atoms with Crippen molar-refractivity contribution >= 4 is 17.1 Å². The minimum atomic E-state index is -0.361. The number of hydrogen-bond donors (Lipinski definition) is 1. The van der Waals surface area contributed by atoms with Crippen molar-refractivity contribution < 1.29 is 14.4 Å². The van der Waals surface area contributed by atoms with E-state index in [-0.39, 0.29) is 10.6 Å². The van der Waals surface area contributed by atoms with Crippen LogP contribution in [0.25, 0.3) is 0 Å². The standard InChI is InChI=1S/C19H23N3O4/c1-25-16-5-7-17(8-6-16)26-13-10-20-18-14-15(21-11-2-3-12-21)4-9-19(18)22(23)24/h4-9,14,20H,2-3,10-13H2,1H3. The van der Waals surface area contributed by atoms with E-state index in [4.69, 9.17) is 9.47 Å². The first-order valence-electron chi connectivity index (χ1n) is 8.71. The highest BCUT2D eigenvalue weighted by Gasteiger charge is 2.18. The van der Waals surface area contributed by atoms with Crippen molar-refractivity contribution in [2.45, 2.75) is 12.8 Å². The van der Waals surface area contributed by atoms with Crippen molar-refractivity contribution in [3.63, 3.8) is 0 Å². The van der Waals surface area contributed by atoms with Crippen molar-refractivity contribution in [2.75, 3.05) is 43.6 Å². The maximum absolute atomic E-state index is 11.3. The van der Waals surface area contributed by atoms with E-state index in [0.717, 1.165) is 43.1 Å². The molecule has 1 aliphatic rings. The highest BCUT2D eigenvalue weighted by molar-refractivity contribution is 5.69. The second-order valence-electron chi connectivity index (χ2n) is 6.10. The van der Waals surface area contributed by atoms with Crippen LogP contribution in [0.3, 0.4) is 0 Å². The smallest absolute Gasteiger partial charge is 0.292 e. The largest absolute Gasteiger partial charge is 0.497 e. The molecule has 2 aromatic carbocycles. The number of ether oxygens (including phenoxy) is 2. The fourth-order valence-electron chi connectivity index (χ4n) is 3.02. The molecule has 1 aliphatic heterocycles. The summed E-state index contributed by atoms with van der Waals surface area (Å²) < 4.78 is 10.8. The minimum Gasteiger partial charge on any atom is -0.497 e. The lowest BCUT2D eigenvalue weighted by Crippen LogP contribution is -2.18. The number of nitrogens with zero attached hydrogens (tertiary/aromatic N) is 2. The van der Waals surface area contributed by atoms with Gasteiger partial charge in [-0.25, -0.2) is 0 Å². The summed E-state index contributed by atoms with van der Waals surface area (Å²) in [5.41, 5.74) is 1.63. The van der Waals surface area contributed by atoms with Crippen molar-refractivity contribution in [1.29, 1.82) is 0 Å². The van der Waals surface area contributed by atoms with Crippen LogP contribution in [-0.4, -0.2) is 38.3 Å². The van der Waals surface area contributed by atoms with Gasteiger partial charge >= 0.3 is 0 Å². The summed E-state index contributed by atoms with van der Waals surface area (Å²) in [5.74, 6) is 1.50. The Morgan fingerprint density at radius 2 is 1.81 bits per heavy atom. The second-order valence-corrected chi connectivity index (χ2v) is 6.10. The molecule has 3 rings (SSSR count). The molecule has 2 aromatic rings. The molecule has 0 spiro atoms.